The molecular formula is C15H20N4S. The Labute approximate surface area is 124 Å². The van der Waals surface area contributed by atoms with Gasteiger partial charge in [-0.15, -0.1) is 0 Å². The Bertz CT molecular complexity index is 578. The van der Waals surface area contributed by atoms with Crippen LogP contribution in [0.25, 0.3) is 0 Å². The number of anilines is 1. The van der Waals surface area contributed by atoms with Gasteiger partial charge in [-0.05, 0) is 50.2 Å². The molecule has 0 unspecified atom stereocenters. The van der Waals surface area contributed by atoms with Gasteiger partial charge in [-0.3, -0.25) is 0 Å². The van der Waals surface area contributed by atoms with E-state index < -0.39 is 0 Å². The molecule has 0 atom stereocenters. The fraction of sp³-hybridized carbons (Fsp3) is 0.400. The van der Waals surface area contributed by atoms with Crippen molar-refractivity contribution in [3.05, 3.63) is 35.3 Å². The van der Waals surface area contributed by atoms with Gasteiger partial charge in [0, 0.05) is 24.7 Å². The Hall–Kier alpha value is -1.62. The first kappa shape index (κ1) is 14.8. The van der Waals surface area contributed by atoms with Gasteiger partial charge in [0.05, 0.1) is 0 Å². The van der Waals surface area contributed by atoms with E-state index in [9.17, 15) is 0 Å². The van der Waals surface area contributed by atoms with E-state index in [0.717, 1.165) is 40.4 Å². The summed E-state index contributed by atoms with van der Waals surface area (Å²) in [6.07, 6.45) is 0.826. The second-order valence-electron chi connectivity index (χ2n) is 4.62. The molecule has 0 aliphatic heterocycles. The van der Waals surface area contributed by atoms with Gasteiger partial charge in [-0.2, -0.15) is 0 Å². The van der Waals surface area contributed by atoms with Crippen molar-refractivity contribution in [1.29, 1.82) is 0 Å². The molecular weight excluding hydrogens is 268 g/mol. The molecule has 4 nitrogen and oxygen atoms in total. The minimum absolute atomic E-state index is 0.826. The number of hydrogen-bond donors (Lipinski definition) is 1. The lowest BCUT2D eigenvalue weighted by atomic mass is 10.3. The Morgan fingerprint density at radius 2 is 1.75 bits per heavy atom. The van der Waals surface area contributed by atoms with E-state index in [1.807, 2.05) is 13.0 Å². The summed E-state index contributed by atoms with van der Waals surface area (Å²) < 4.78 is 0. The first-order chi connectivity index (χ1) is 9.60. The van der Waals surface area contributed by atoms with Crippen LogP contribution < -0.4 is 5.32 Å². The fourth-order valence-electron chi connectivity index (χ4n) is 1.92. The van der Waals surface area contributed by atoms with Crippen LogP contribution in [-0.4, -0.2) is 21.5 Å². The maximum Gasteiger partial charge on any atom is 0.131 e. The van der Waals surface area contributed by atoms with E-state index >= 15 is 0 Å². The van der Waals surface area contributed by atoms with Crippen molar-refractivity contribution in [2.24, 2.45) is 0 Å². The van der Waals surface area contributed by atoms with Crippen molar-refractivity contribution >= 4 is 17.6 Å². The summed E-state index contributed by atoms with van der Waals surface area (Å²) in [6, 6.07) is 6.14. The number of rotatable bonds is 5. The van der Waals surface area contributed by atoms with Gasteiger partial charge in [0.25, 0.3) is 0 Å². The number of hydrogen-bond acceptors (Lipinski definition) is 5. The number of aromatic nitrogens is 3. The minimum atomic E-state index is 0.826. The van der Waals surface area contributed by atoms with E-state index in [-0.39, 0.29) is 0 Å². The molecule has 0 aromatic carbocycles. The predicted octanol–water partition coefficient (Wildman–Crippen LogP) is 3.63. The van der Waals surface area contributed by atoms with Gasteiger partial charge < -0.3 is 5.32 Å². The third-order valence-electron chi connectivity index (χ3n) is 2.71. The molecule has 2 heterocycles. The molecule has 2 aromatic heterocycles. The fourth-order valence-corrected chi connectivity index (χ4v) is 2.89. The quantitative estimate of drug-likeness (QED) is 0.851. The smallest absolute Gasteiger partial charge is 0.131 e. The molecule has 2 rings (SSSR count). The molecule has 0 spiro atoms. The first-order valence-electron chi connectivity index (χ1n) is 6.85. The van der Waals surface area contributed by atoms with E-state index in [1.54, 1.807) is 11.8 Å². The maximum atomic E-state index is 4.56. The van der Waals surface area contributed by atoms with Gasteiger partial charge in [-0.25, -0.2) is 15.0 Å². The van der Waals surface area contributed by atoms with Gasteiger partial charge in [-0.1, -0.05) is 6.92 Å². The molecule has 1 N–H and O–H groups in total. The van der Waals surface area contributed by atoms with Crippen LogP contribution in [0, 0.1) is 13.8 Å². The van der Waals surface area contributed by atoms with Crippen molar-refractivity contribution in [3.8, 4) is 0 Å². The molecule has 2 aromatic rings. The van der Waals surface area contributed by atoms with E-state index in [4.69, 9.17) is 0 Å². The van der Waals surface area contributed by atoms with E-state index in [2.05, 4.69) is 53.2 Å². The normalized spacial score (nSPS) is 10.6. The zero-order chi connectivity index (χ0) is 14.5. The summed E-state index contributed by atoms with van der Waals surface area (Å²) in [5, 5.41) is 5.16. The summed E-state index contributed by atoms with van der Waals surface area (Å²) >= 11 is 1.58. The third kappa shape index (κ3) is 3.93. The predicted molar refractivity (Wildman–Crippen MR) is 83.4 cm³/mol. The second-order valence-corrected chi connectivity index (χ2v) is 5.66. The van der Waals surface area contributed by atoms with Gasteiger partial charge >= 0.3 is 0 Å². The molecule has 0 aliphatic rings. The molecule has 0 bridgehead atoms. The zero-order valence-corrected chi connectivity index (χ0v) is 13.2. The minimum Gasteiger partial charge on any atom is -0.370 e. The van der Waals surface area contributed by atoms with Crippen molar-refractivity contribution in [1.82, 2.24) is 15.0 Å². The molecule has 0 radical (unpaired) electrons. The zero-order valence-electron chi connectivity index (χ0n) is 12.4. The Kier molecular flexibility index (Phi) is 4.95. The number of nitrogens with one attached hydrogen (secondary N) is 1. The van der Waals surface area contributed by atoms with Gasteiger partial charge in [0.15, 0.2) is 0 Å². The number of aryl methyl sites for hydroxylation is 3. The summed E-state index contributed by atoms with van der Waals surface area (Å²) in [5.74, 6) is 1.74. The molecule has 106 valence electrons. The lowest BCUT2D eigenvalue weighted by molar-refractivity contribution is 0.885. The Balaban J connectivity index is 2.29. The van der Waals surface area contributed by atoms with E-state index in [1.165, 1.54) is 5.56 Å². The number of pyridine rings is 1. The van der Waals surface area contributed by atoms with Crippen LogP contribution in [0.5, 0.6) is 0 Å². The summed E-state index contributed by atoms with van der Waals surface area (Å²) in [5.41, 5.74) is 2.25. The maximum absolute atomic E-state index is 4.56. The lowest BCUT2D eigenvalue weighted by Gasteiger charge is -2.08. The molecule has 0 fully saturated rings. The Morgan fingerprint density at radius 3 is 2.40 bits per heavy atom. The Morgan fingerprint density at radius 1 is 1.00 bits per heavy atom. The van der Waals surface area contributed by atoms with Crippen molar-refractivity contribution in [3.63, 3.8) is 0 Å². The lowest BCUT2D eigenvalue weighted by Crippen LogP contribution is -2.03. The largest absolute Gasteiger partial charge is 0.370 e. The van der Waals surface area contributed by atoms with Crippen LogP contribution in [-0.2, 0) is 6.42 Å². The average molecular weight is 288 g/mol. The van der Waals surface area contributed by atoms with Crippen LogP contribution in [0.1, 0.15) is 30.9 Å². The van der Waals surface area contributed by atoms with Crippen LogP contribution in [0.3, 0.4) is 0 Å². The van der Waals surface area contributed by atoms with Crippen molar-refractivity contribution < 1.29 is 0 Å². The molecule has 5 heteroatoms. The monoisotopic (exact) mass is 288 g/mol. The van der Waals surface area contributed by atoms with Crippen LogP contribution in [0.4, 0.5) is 5.82 Å². The summed E-state index contributed by atoms with van der Waals surface area (Å²) in [4.78, 5) is 13.6. The standard InChI is InChI=1S/C15H20N4S/c1-5-12-18-13(16-6-2)9-15(19-12)20-14-8-10(3)7-11(4)17-14/h7-9H,5-6H2,1-4H3,(H,16,18,19). The molecule has 20 heavy (non-hydrogen) atoms. The summed E-state index contributed by atoms with van der Waals surface area (Å²) in [6.45, 7) is 9.07. The highest BCUT2D eigenvalue weighted by atomic mass is 32.2. The highest BCUT2D eigenvalue weighted by Crippen LogP contribution is 2.27. The van der Waals surface area contributed by atoms with Gasteiger partial charge in [0.1, 0.15) is 21.7 Å². The third-order valence-corrected chi connectivity index (χ3v) is 3.54. The highest BCUT2D eigenvalue weighted by molar-refractivity contribution is 7.99. The molecule has 0 aliphatic carbocycles. The average Bonchev–Trinajstić information content (AvgIpc) is 2.37. The van der Waals surface area contributed by atoms with Crippen molar-refractivity contribution in [2.75, 3.05) is 11.9 Å². The van der Waals surface area contributed by atoms with Gasteiger partial charge in [0.2, 0.25) is 0 Å². The van der Waals surface area contributed by atoms with Crippen LogP contribution in [0.15, 0.2) is 28.3 Å². The highest BCUT2D eigenvalue weighted by Gasteiger charge is 2.07. The van der Waals surface area contributed by atoms with Crippen LogP contribution in [0.2, 0.25) is 0 Å². The summed E-state index contributed by atoms with van der Waals surface area (Å²) in [7, 11) is 0. The molecule has 0 saturated carbocycles. The molecule has 0 saturated heterocycles. The second kappa shape index (κ2) is 6.70. The SMILES string of the molecule is CCNc1cc(Sc2cc(C)cc(C)n2)nc(CC)n1. The van der Waals surface area contributed by atoms with Crippen LogP contribution >= 0.6 is 11.8 Å². The van der Waals surface area contributed by atoms with E-state index in [0.29, 0.717) is 0 Å². The first-order valence-corrected chi connectivity index (χ1v) is 7.67. The molecule has 0 amide bonds. The topological polar surface area (TPSA) is 50.7 Å². The van der Waals surface area contributed by atoms with Crippen molar-refractivity contribution in [2.45, 2.75) is 44.2 Å². The number of nitrogens with zero attached hydrogens (tertiary/aromatic N) is 3.